The van der Waals surface area contributed by atoms with Crippen molar-refractivity contribution >= 4 is 5.97 Å². The number of hydrogen-bond acceptors (Lipinski definition) is 5. The Hall–Kier alpha value is -2.26. The second-order valence-corrected chi connectivity index (χ2v) is 4.67. The van der Waals surface area contributed by atoms with E-state index in [2.05, 4.69) is 5.32 Å². The fourth-order valence-corrected chi connectivity index (χ4v) is 2.08. The second-order valence-electron chi connectivity index (χ2n) is 4.67. The van der Waals surface area contributed by atoms with Gasteiger partial charge in [-0.3, -0.25) is 4.79 Å². The zero-order valence-electron chi connectivity index (χ0n) is 11.2. The Morgan fingerprint density at radius 1 is 1.50 bits per heavy atom. The molecule has 1 saturated heterocycles. The van der Waals surface area contributed by atoms with Crippen LogP contribution in [0.5, 0.6) is 11.5 Å². The molecule has 0 radical (unpaired) electrons. The van der Waals surface area contributed by atoms with Gasteiger partial charge < -0.3 is 19.9 Å². The van der Waals surface area contributed by atoms with Crippen LogP contribution >= 0.6 is 0 Å². The van der Waals surface area contributed by atoms with E-state index in [9.17, 15) is 4.79 Å². The molecule has 0 aromatic heterocycles. The predicted octanol–water partition coefficient (Wildman–Crippen LogP) is 1.15. The van der Waals surface area contributed by atoms with E-state index >= 15 is 0 Å². The van der Waals surface area contributed by atoms with Crippen molar-refractivity contribution in [1.82, 2.24) is 5.32 Å². The molecule has 1 aromatic carbocycles. The summed E-state index contributed by atoms with van der Waals surface area (Å²) in [5, 5.41) is 20.9. The molecule has 6 nitrogen and oxygen atoms in total. The van der Waals surface area contributed by atoms with Gasteiger partial charge in [-0.1, -0.05) is 0 Å². The molecule has 1 aliphatic heterocycles. The number of carbonyl (C=O) groups is 1. The molecule has 6 heteroatoms. The van der Waals surface area contributed by atoms with Crippen molar-refractivity contribution < 1.29 is 19.4 Å². The summed E-state index contributed by atoms with van der Waals surface area (Å²) in [6.07, 6.45) is -0.0778. The number of nitriles is 1. The number of hydrogen-bond donors (Lipinski definition) is 2. The Balaban J connectivity index is 2.23. The number of nitrogens with one attached hydrogen (secondary N) is 1. The maximum absolute atomic E-state index is 10.9. The van der Waals surface area contributed by atoms with E-state index in [4.69, 9.17) is 19.8 Å². The highest BCUT2D eigenvalue weighted by molar-refractivity contribution is 5.68. The van der Waals surface area contributed by atoms with Gasteiger partial charge in [-0.2, -0.15) is 5.26 Å². The molecule has 1 aromatic rings. The minimum Gasteiger partial charge on any atom is -0.490 e. The van der Waals surface area contributed by atoms with Gasteiger partial charge in [-0.15, -0.1) is 0 Å². The van der Waals surface area contributed by atoms with Crippen molar-refractivity contribution in [1.29, 1.82) is 5.26 Å². The zero-order chi connectivity index (χ0) is 14.6. The first-order valence-electron chi connectivity index (χ1n) is 6.37. The van der Waals surface area contributed by atoms with Crippen LogP contribution in [0.4, 0.5) is 0 Å². The molecule has 1 heterocycles. The number of rotatable bonds is 6. The third-order valence-electron chi connectivity index (χ3n) is 3.07. The van der Waals surface area contributed by atoms with Gasteiger partial charge in [0.15, 0.2) is 11.5 Å². The topological polar surface area (TPSA) is 91.6 Å². The van der Waals surface area contributed by atoms with Crippen molar-refractivity contribution in [3.63, 3.8) is 0 Å². The summed E-state index contributed by atoms with van der Waals surface area (Å²) >= 11 is 0. The van der Waals surface area contributed by atoms with Gasteiger partial charge >= 0.3 is 5.97 Å². The number of carboxylic acids is 1. The number of carboxylic acid groups (broad SMARTS) is 1. The fourth-order valence-electron chi connectivity index (χ4n) is 2.08. The molecule has 20 heavy (non-hydrogen) atoms. The first-order chi connectivity index (χ1) is 9.58. The minimum absolute atomic E-state index is 0.0778. The Bertz CT molecular complexity index is 547. The van der Waals surface area contributed by atoms with Crippen molar-refractivity contribution in [2.24, 2.45) is 0 Å². The van der Waals surface area contributed by atoms with Crippen LogP contribution in [0.2, 0.25) is 0 Å². The lowest BCUT2D eigenvalue weighted by atomic mass is 9.92. The summed E-state index contributed by atoms with van der Waals surface area (Å²) in [5.41, 5.74) is -0.272. The summed E-state index contributed by atoms with van der Waals surface area (Å²) in [5.74, 6) is 0.0231. The Kier molecular flexibility index (Phi) is 4.11. The number of nitrogens with zero attached hydrogens (tertiary/aromatic N) is 1. The van der Waals surface area contributed by atoms with Crippen LogP contribution in [0.15, 0.2) is 18.2 Å². The van der Waals surface area contributed by atoms with Crippen LogP contribution in [0.25, 0.3) is 0 Å². The van der Waals surface area contributed by atoms with Gasteiger partial charge in [0.05, 0.1) is 24.7 Å². The van der Waals surface area contributed by atoms with E-state index in [1.807, 2.05) is 13.0 Å². The third-order valence-corrected chi connectivity index (χ3v) is 3.07. The monoisotopic (exact) mass is 276 g/mol. The highest BCUT2D eigenvalue weighted by Gasteiger charge is 2.42. The van der Waals surface area contributed by atoms with Gasteiger partial charge in [0.2, 0.25) is 0 Å². The molecule has 1 fully saturated rings. The maximum atomic E-state index is 10.9. The van der Waals surface area contributed by atoms with E-state index in [0.29, 0.717) is 36.8 Å². The summed E-state index contributed by atoms with van der Waals surface area (Å²) < 4.78 is 11.3. The standard InChI is InChI=1S/C14H16N2O4/c1-2-19-12-5-10(7-15)3-4-11(12)20-14(6-13(17)18)8-16-9-14/h3-5,16H,2,6,8-9H2,1H3,(H,17,18). The highest BCUT2D eigenvalue weighted by atomic mass is 16.5. The maximum Gasteiger partial charge on any atom is 0.307 e. The molecule has 0 spiro atoms. The molecule has 0 saturated carbocycles. The van der Waals surface area contributed by atoms with Gasteiger partial charge in [0, 0.05) is 19.2 Å². The number of benzene rings is 1. The average molecular weight is 276 g/mol. The third kappa shape index (κ3) is 3.00. The quantitative estimate of drug-likeness (QED) is 0.810. The molecular formula is C14H16N2O4. The lowest BCUT2D eigenvalue weighted by Gasteiger charge is -2.41. The summed E-state index contributed by atoms with van der Waals surface area (Å²) in [7, 11) is 0. The Morgan fingerprint density at radius 3 is 2.75 bits per heavy atom. The lowest BCUT2D eigenvalue weighted by molar-refractivity contribution is -0.143. The van der Waals surface area contributed by atoms with Crippen molar-refractivity contribution in [2.45, 2.75) is 18.9 Å². The molecule has 0 aliphatic carbocycles. The Labute approximate surface area is 116 Å². The predicted molar refractivity (Wildman–Crippen MR) is 70.8 cm³/mol. The first kappa shape index (κ1) is 14.2. The smallest absolute Gasteiger partial charge is 0.307 e. The van der Waals surface area contributed by atoms with E-state index < -0.39 is 11.6 Å². The van der Waals surface area contributed by atoms with E-state index in [-0.39, 0.29) is 6.42 Å². The number of aliphatic carboxylic acids is 1. The SMILES string of the molecule is CCOc1cc(C#N)ccc1OC1(CC(=O)O)CNC1. The normalized spacial score (nSPS) is 15.8. The van der Waals surface area contributed by atoms with E-state index in [1.54, 1.807) is 18.2 Å². The molecular weight excluding hydrogens is 260 g/mol. The van der Waals surface area contributed by atoms with Crippen molar-refractivity contribution in [2.75, 3.05) is 19.7 Å². The average Bonchev–Trinajstić information content (AvgIpc) is 2.37. The highest BCUT2D eigenvalue weighted by Crippen LogP contribution is 2.34. The lowest BCUT2D eigenvalue weighted by Crippen LogP contribution is -2.64. The summed E-state index contributed by atoms with van der Waals surface area (Å²) in [6, 6.07) is 6.90. The van der Waals surface area contributed by atoms with Crippen LogP contribution in [-0.2, 0) is 4.79 Å². The second kappa shape index (κ2) is 5.80. The largest absolute Gasteiger partial charge is 0.490 e. The summed E-state index contributed by atoms with van der Waals surface area (Å²) in [4.78, 5) is 10.9. The molecule has 0 bridgehead atoms. The zero-order valence-corrected chi connectivity index (χ0v) is 11.2. The van der Waals surface area contributed by atoms with Crippen LogP contribution in [0.3, 0.4) is 0 Å². The molecule has 106 valence electrons. The summed E-state index contributed by atoms with van der Waals surface area (Å²) in [6.45, 7) is 3.23. The molecule has 2 rings (SSSR count). The van der Waals surface area contributed by atoms with Crippen molar-refractivity contribution in [3.05, 3.63) is 23.8 Å². The van der Waals surface area contributed by atoms with Crippen LogP contribution in [-0.4, -0.2) is 36.4 Å². The van der Waals surface area contributed by atoms with Crippen LogP contribution in [0.1, 0.15) is 18.9 Å². The Morgan fingerprint density at radius 2 is 2.25 bits per heavy atom. The molecule has 2 N–H and O–H groups in total. The molecule has 0 amide bonds. The minimum atomic E-state index is -0.905. The van der Waals surface area contributed by atoms with Gasteiger partial charge in [0.1, 0.15) is 5.60 Å². The van der Waals surface area contributed by atoms with Crippen molar-refractivity contribution in [3.8, 4) is 17.6 Å². The number of ether oxygens (including phenoxy) is 2. The molecule has 0 unspecified atom stereocenters. The molecule has 1 aliphatic rings. The van der Waals surface area contributed by atoms with Crippen LogP contribution < -0.4 is 14.8 Å². The van der Waals surface area contributed by atoms with E-state index in [0.717, 1.165) is 0 Å². The van der Waals surface area contributed by atoms with Gasteiger partial charge in [-0.05, 0) is 19.1 Å². The molecule has 0 atom stereocenters. The van der Waals surface area contributed by atoms with Gasteiger partial charge in [0.25, 0.3) is 0 Å². The van der Waals surface area contributed by atoms with Crippen LogP contribution in [0, 0.1) is 11.3 Å². The van der Waals surface area contributed by atoms with E-state index in [1.165, 1.54) is 0 Å². The fraction of sp³-hybridized carbons (Fsp3) is 0.429. The first-order valence-corrected chi connectivity index (χ1v) is 6.37. The van der Waals surface area contributed by atoms with Gasteiger partial charge in [-0.25, -0.2) is 0 Å².